The van der Waals surface area contributed by atoms with Gasteiger partial charge in [0.05, 0.1) is 26.4 Å². The molecule has 6 rings (SSSR count). The van der Waals surface area contributed by atoms with Crippen LogP contribution >= 0.6 is 0 Å². The van der Waals surface area contributed by atoms with Gasteiger partial charge in [0.25, 0.3) is 0 Å². The van der Waals surface area contributed by atoms with Crippen LogP contribution in [0.5, 0.6) is 57.5 Å². The van der Waals surface area contributed by atoms with E-state index < -0.39 is 45.4 Å². The van der Waals surface area contributed by atoms with Crippen LogP contribution in [0.2, 0.25) is 0 Å². The van der Waals surface area contributed by atoms with E-state index in [0.29, 0.717) is 0 Å². The Labute approximate surface area is 355 Å². The molecule has 20 nitrogen and oxygen atoms in total. The molecule has 20 heteroatoms. The summed E-state index contributed by atoms with van der Waals surface area (Å²) < 4.78 is 33.9. The number of ether oxygens (including phenoxy) is 4. The van der Waals surface area contributed by atoms with E-state index in [1.807, 2.05) is 0 Å². The molecule has 2 heterocycles. The van der Waals surface area contributed by atoms with Gasteiger partial charge < -0.3 is 79.3 Å². The average molecular weight is 875 g/mol. The maximum absolute atomic E-state index is 13.3. The van der Waals surface area contributed by atoms with Crippen molar-refractivity contribution < 1.29 is 78.2 Å². The molecule has 0 spiro atoms. The Morgan fingerprint density at radius 1 is 0.492 bits per heavy atom. The number of aromatic hydroxyl groups is 8. The molecule has 63 heavy (non-hydrogen) atoms. The fraction of sp³-hybridized carbons (Fsp3) is 0.256. The van der Waals surface area contributed by atoms with Crippen LogP contribution in [0.3, 0.4) is 0 Å². The van der Waals surface area contributed by atoms with Crippen molar-refractivity contribution in [1.82, 2.24) is 10.6 Å². The summed E-state index contributed by atoms with van der Waals surface area (Å²) in [6.45, 7) is 0.0713. The highest BCUT2D eigenvalue weighted by atomic mass is 16.5. The fourth-order valence-electron chi connectivity index (χ4n) is 6.23. The highest BCUT2D eigenvalue weighted by Gasteiger charge is 2.23. The number of phenolic OH excluding ortho intramolecular Hbond substituents is 8. The Bertz CT molecular complexity index is 2580. The van der Waals surface area contributed by atoms with Gasteiger partial charge in [0.15, 0.2) is 34.5 Å². The zero-order valence-electron chi connectivity index (χ0n) is 33.2. The predicted molar refractivity (Wildman–Crippen MR) is 222 cm³/mol. The molecule has 10 N–H and O–H groups in total. The van der Waals surface area contributed by atoms with Crippen molar-refractivity contribution in [1.29, 1.82) is 0 Å². The molecule has 2 aromatic heterocycles. The molecule has 0 radical (unpaired) electrons. The average Bonchev–Trinajstić information content (AvgIpc) is 3.22. The molecule has 0 aliphatic heterocycles. The second-order valence-electron chi connectivity index (χ2n) is 13.7. The van der Waals surface area contributed by atoms with E-state index in [2.05, 4.69) is 10.6 Å². The Balaban J connectivity index is 0.868. The number of hydrogen-bond acceptors (Lipinski definition) is 18. The topological polar surface area (TPSA) is 317 Å². The summed E-state index contributed by atoms with van der Waals surface area (Å²) in [5.41, 5.74) is -1.50. The zero-order valence-corrected chi connectivity index (χ0v) is 33.2. The van der Waals surface area contributed by atoms with Gasteiger partial charge in [0.2, 0.25) is 34.2 Å². The molecule has 0 saturated heterocycles. The lowest BCUT2D eigenvalue weighted by atomic mass is 10.1. The predicted octanol–water partition coefficient (Wildman–Crippen LogP) is 3.77. The summed E-state index contributed by atoms with van der Waals surface area (Å²) in [4.78, 5) is 51.2. The lowest BCUT2D eigenvalue weighted by Gasteiger charge is -2.13. The van der Waals surface area contributed by atoms with E-state index in [4.69, 9.17) is 27.8 Å². The molecule has 0 aliphatic rings. The Kier molecular flexibility index (Phi) is 14.3. The third-order valence-corrected chi connectivity index (χ3v) is 9.20. The molecule has 0 bridgehead atoms. The normalized spacial score (nSPS) is 11.2. The first-order chi connectivity index (χ1) is 30.2. The molecule has 2 amide bonds. The maximum Gasteiger partial charge on any atom is 0.239 e. The minimum Gasteiger partial charge on any atom is -0.508 e. The molecule has 0 saturated carbocycles. The van der Waals surface area contributed by atoms with Gasteiger partial charge in [-0.15, -0.1) is 0 Å². The number of carbonyl (C=O) groups is 2. The number of benzene rings is 4. The molecule has 4 aromatic carbocycles. The van der Waals surface area contributed by atoms with E-state index in [9.17, 15) is 60.0 Å². The van der Waals surface area contributed by atoms with Gasteiger partial charge in [0.1, 0.15) is 58.2 Å². The lowest BCUT2D eigenvalue weighted by Crippen LogP contribution is -2.29. The fourth-order valence-corrected chi connectivity index (χ4v) is 6.23. The van der Waals surface area contributed by atoms with Crippen LogP contribution in [0.15, 0.2) is 79.1 Å². The van der Waals surface area contributed by atoms with Crippen molar-refractivity contribution in [2.45, 2.75) is 19.3 Å². The highest BCUT2D eigenvalue weighted by Crippen LogP contribution is 2.40. The van der Waals surface area contributed by atoms with E-state index >= 15 is 0 Å². The van der Waals surface area contributed by atoms with Crippen LogP contribution in [0.25, 0.3) is 44.6 Å². The minimum absolute atomic E-state index is 0.0277. The van der Waals surface area contributed by atoms with E-state index in [1.165, 1.54) is 24.3 Å². The summed E-state index contributed by atoms with van der Waals surface area (Å²) in [5, 5.41) is 84.7. The monoisotopic (exact) mass is 874 g/mol. The molecule has 0 aliphatic carbocycles. The lowest BCUT2D eigenvalue weighted by molar-refractivity contribution is -0.122. The quantitative estimate of drug-likeness (QED) is 0.0385. The van der Waals surface area contributed by atoms with Crippen molar-refractivity contribution in [3.63, 3.8) is 0 Å². The van der Waals surface area contributed by atoms with Gasteiger partial charge in [-0.25, -0.2) is 0 Å². The molecule has 332 valence electrons. The minimum atomic E-state index is -0.762. The van der Waals surface area contributed by atoms with Gasteiger partial charge in [-0.3, -0.25) is 19.2 Å². The number of fused-ring (bicyclic) bond motifs is 2. The smallest absolute Gasteiger partial charge is 0.239 e. The summed E-state index contributed by atoms with van der Waals surface area (Å²) >= 11 is 0. The zero-order chi connectivity index (χ0) is 45.2. The molecule has 0 atom stereocenters. The van der Waals surface area contributed by atoms with Crippen molar-refractivity contribution in [3.05, 3.63) is 81.1 Å². The first-order valence-corrected chi connectivity index (χ1v) is 19.3. The Morgan fingerprint density at radius 2 is 0.905 bits per heavy atom. The summed E-state index contributed by atoms with van der Waals surface area (Å²) in [5.74, 6) is -5.15. The molecule has 0 unspecified atom stereocenters. The van der Waals surface area contributed by atoms with Crippen molar-refractivity contribution >= 4 is 33.8 Å². The number of nitrogens with one attached hydrogen (secondary N) is 2. The van der Waals surface area contributed by atoms with Crippen molar-refractivity contribution in [2.24, 2.45) is 0 Å². The number of rotatable bonds is 20. The summed E-state index contributed by atoms with van der Waals surface area (Å²) in [6, 6.07) is 11.6. The van der Waals surface area contributed by atoms with E-state index in [0.717, 1.165) is 36.4 Å². The molecular formula is C43H42N2O18. The van der Waals surface area contributed by atoms with Gasteiger partial charge >= 0.3 is 0 Å². The maximum atomic E-state index is 13.3. The van der Waals surface area contributed by atoms with Crippen LogP contribution in [0.4, 0.5) is 0 Å². The van der Waals surface area contributed by atoms with E-state index in [1.54, 1.807) is 0 Å². The number of hydrogen-bond donors (Lipinski definition) is 10. The second kappa shape index (κ2) is 20.1. The van der Waals surface area contributed by atoms with Gasteiger partial charge in [-0.2, -0.15) is 0 Å². The first kappa shape index (κ1) is 44.7. The molecule has 6 aromatic rings. The summed E-state index contributed by atoms with van der Waals surface area (Å²) in [7, 11) is 0. The van der Waals surface area contributed by atoms with Crippen molar-refractivity contribution in [2.75, 3.05) is 52.7 Å². The number of amides is 2. The molecule has 0 fully saturated rings. The standard InChI is InChI=1S/C43H42N2O18/c46-24-18-30(52)36-32(20-24)62-40(22-4-6-26(48)28(50)16-22)42(38(36)56)60-14-12-58-10-8-44-34(54)2-1-3-35(55)45-9-11-59-13-15-61-43-39(57)37-31(53)19-25(47)21-33(37)63-41(43)23-5-7-27(49)29(51)17-23/h4-7,16-21,46-53H,1-3,8-15H2,(H,44,54)(H,45,55). The van der Waals surface area contributed by atoms with Gasteiger partial charge in [-0.1, -0.05) is 0 Å². The van der Waals surface area contributed by atoms with Crippen LogP contribution in [-0.2, 0) is 19.1 Å². The van der Waals surface area contributed by atoms with Crippen LogP contribution in [-0.4, -0.2) is 105 Å². The van der Waals surface area contributed by atoms with Crippen LogP contribution in [0.1, 0.15) is 19.3 Å². The van der Waals surface area contributed by atoms with Gasteiger partial charge in [-0.05, 0) is 42.8 Å². The van der Waals surface area contributed by atoms with Gasteiger partial charge in [0, 0.05) is 61.3 Å². The third-order valence-electron chi connectivity index (χ3n) is 9.20. The van der Waals surface area contributed by atoms with Crippen molar-refractivity contribution in [3.8, 4) is 80.1 Å². The first-order valence-electron chi connectivity index (χ1n) is 19.3. The van der Waals surface area contributed by atoms with E-state index in [-0.39, 0.29) is 151 Å². The second-order valence-corrected chi connectivity index (χ2v) is 13.7. The molecular weight excluding hydrogens is 832 g/mol. The van der Waals surface area contributed by atoms with Crippen LogP contribution < -0.4 is 31.0 Å². The largest absolute Gasteiger partial charge is 0.508 e. The Hall–Kier alpha value is -7.84. The number of carbonyl (C=O) groups excluding carboxylic acids is 2. The third kappa shape index (κ3) is 10.9. The highest BCUT2D eigenvalue weighted by molar-refractivity contribution is 5.89. The SMILES string of the molecule is O=C(CCCC(=O)NCCOCCOc1c(-c2ccc(O)c(O)c2)oc2cc(O)cc(O)c2c1=O)NCCOCCOc1c(-c2ccc(O)c(O)c2)oc2cc(O)cc(O)c2c1=O. The van der Waals surface area contributed by atoms with Crippen LogP contribution in [0, 0.1) is 0 Å². The Morgan fingerprint density at radius 3 is 1.30 bits per heavy atom. The summed E-state index contributed by atoms with van der Waals surface area (Å²) in [6.07, 6.45) is 0.391. The number of phenols is 8.